The van der Waals surface area contributed by atoms with Crippen molar-refractivity contribution in [3.05, 3.63) is 54.4 Å². The van der Waals surface area contributed by atoms with Crippen molar-refractivity contribution in [1.82, 2.24) is 9.99 Å². The van der Waals surface area contributed by atoms with Crippen LogP contribution in [0.5, 0.6) is 0 Å². The van der Waals surface area contributed by atoms with E-state index in [1.165, 1.54) is 6.42 Å². The summed E-state index contributed by atoms with van der Waals surface area (Å²) in [4.78, 5) is 12.6. The average molecular weight is 309 g/mol. The first kappa shape index (κ1) is 15.5. The number of carbonyl (C=O) groups is 1. The fraction of sp³-hybridized carbons (Fsp3) is 0.368. The van der Waals surface area contributed by atoms with E-state index in [1.807, 2.05) is 53.4 Å². The summed E-state index contributed by atoms with van der Waals surface area (Å²) in [6.07, 6.45) is 7.41. The van der Waals surface area contributed by atoms with E-state index in [0.717, 1.165) is 24.2 Å². The van der Waals surface area contributed by atoms with Crippen molar-refractivity contribution < 1.29 is 4.79 Å². The molecule has 0 aliphatic heterocycles. The monoisotopic (exact) mass is 309 g/mol. The third-order valence-corrected chi connectivity index (χ3v) is 4.60. The highest BCUT2D eigenvalue weighted by Crippen LogP contribution is 2.26. The number of nitrogens with zero attached hydrogens (tertiary/aromatic N) is 2. The summed E-state index contributed by atoms with van der Waals surface area (Å²) < 4.78 is 1.94. The van der Waals surface area contributed by atoms with Gasteiger partial charge in [0, 0.05) is 18.1 Å². The predicted molar refractivity (Wildman–Crippen MR) is 92.8 cm³/mol. The van der Waals surface area contributed by atoms with Gasteiger partial charge in [0.25, 0.3) is 5.91 Å². The quantitative estimate of drug-likeness (QED) is 0.855. The van der Waals surface area contributed by atoms with Crippen LogP contribution in [-0.2, 0) is 0 Å². The molecule has 2 aromatic rings. The van der Waals surface area contributed by atoms with E-state index in [2.05, 4.69) is 24.4 Å². The van der Waals surface area contributed by atoms with Crippen molar-refractivity contribution in [2.75, 3.05) is 0 Å². The lowest BCUT2D eigenvalue weighted by atomic mass is 9.81. The number of rotatable bonds is 3. The topological polar surface area (TPSA) is 46.4 Å². The fourth-order valence-corrected chi connectivity index (χ4v) is 3.29. The van der Waals surface area contributed by atoms with Gasteiger partial charge in [-0.3, -0.25) is 4.79 Å². The van der Waals surface area contributed by atoms with Crippen molar-refractivity contribution in [1.29, 1.82) is 0 Å². The van der Waals surface area contributed by atoms with Crippen LogP contribution in [0, 0.1) is 11.8 Å². The largest absolute Gasteiger partial charge is 0.323 e. The highest BCUT2D eigenvalue weighted by atomic mass is 16.2. The van der Waals surface area contributed by atoms with Crippen LogP contribution in [-0.4, -0.2) is 16.2 Å². The maximum absolute atomic E-state index is 12.6. The molecule has 0 bridgehead atoms. The first-order valence-corrected chi connectivity index (χ1v) is 8.27. The van der Waals surface area contributed by atoms with Crippen molar-refractivity contribution in [3.63, 3.8) is 0 Å². The third-order valence-electron chi connectivity index (χ3n) is 4.60. The molecule has 2 atom stereocenters. The van der Waals surface area contributed by atoms with Gasteiger partial charge >= 0.3 is 0 Å². The number of nitrogens with one attached hydrogen (secondary N) is 1. The SMILES string of the molecule is C[C@@H]1CCC[C@H](C)C1=NNC(=O)c1ccccc1-n1cccc1. The van der Waals surface area contributed by atoms with Gasteiger partial charge in [-0.15, -0.1) is 0 Å². The number of hydrogen-bond acceptors (Lipinski definition) is 2. The number of hydrogen-bond donors (Lipinski definition) is 1. The Morgan fingerprint density at radius 1 is 1.09 bits per heavy atom. The molecule has 1 amide bonds. The van der Waals surface area contributed by atoms with Crippen LogP contribution >= 0.6 is 0 Å². The Kier molecular flexibility index (Phi) is 4.60. The van der Waals surface area contributed by atoms with Gasteiger partial charge in [-0.25, -0.2) is 5.43 Å². The van der Waals surface area contributed by atoms with Gasteiger partial charge in [0.1, 0.15) is 0 Å². The van der Waals surface area contributed by atoms with Crippen molar-refractivity contribution in [2.45, 2.75) is 33.1 Å². The maximum Gasteiger partial charge on any atom is 0.273 e. The Hall–Kier alpha value is -2.36. The lowest BCUT2D eigenvalue weighted by molar-refractivity contribution is 0.0954. The molecule has 1 saturated carbocycles. The molecule has 0 radical (unpaired) electrons. The number of carbonyl (C=O) groups excluding carboxylic acids is 1. The van der Waals surface area contributed by atoms with Gasteiger partial charge in [0.2, 0.25) is 0 Å². The Labute approximate surface area is 137 Å². The van der Waals surface area contributed by atoms with E-state index in [1.54, 1.807) is 0 Å². The number of aromatic nitrogens is 1. The van der Waals surface area contributed by atoms with Crippen LogP contribution < -0.4 is 5.43 Å². The summed E-state index contributed by atoms with van der Waals surface area (Å²) in [5.41, 5.74) is 5.37. The van der Waals surface area contributed by atoms with Gasteiger partial charge in [0.05, 0.1) is 11.3 Å². The molecule has 0 unspecified atom stereocenters. The van der Waals surface area contributed by atoms with Crippen LogP contribution in [0.1, 0.15) is 43.5 Å². The molecule has 1 aromatic heterocycles. The number of para-hydroxylation sites is 1. The normalized spacial score (nSPS) is 23.0. The van der Waals surface area contributed by atoms with E-state index in [-0.39, 0.29) is 5.91 Å². The summed E-state index contributed by atoms with van der Waals surface area (Å²) in [5, 5.41) is 4.45. The number of benzene rings is 1. The zero-order valence-corrected chi connectivity index (χ0v) is 13.7. The lowest BCUT2D eigenvalue weighted by Crippen LogP contribution is -2.29. The summed E-state index contributed by atoms with van der Waals surface area (Å²) >= 11 is 0. The second-order valence-electron chi connectivity index (χ2n) is 6.32. The zero-order chi connectivity index (χ0) is 16.2. The Morgan fingerprint density at radius 2 is 1.74 bits per heavy atom. The summed E-state index contributed by atoms with van der Waals surface area (Å²) in [7, 11) is 0. The molecule has 1 aliphatic carbocycles. The molecule has 0 spiro atoms. The van der Waals surface area contributed by atoms with Gasteiger partial charge in [-0.05, 0) is 48.9 Å². The van der Waals surface area contributed by atoms with Crippen molar-refractivity contribution in [3.8, 4) is 5.69 Å². The Morgan fingerprint density at radius 3 is 2.43 bits per heavy atom. The van der Waals surface area contributed by atoms with Crippen LogP contribution in [0.4, 0.5) is 0 Å². The van der Waals surface area contributed by atoms with E-state index in [0.29, 0.717) is 17.4 Å². The summed E-state index contributed by atoms with van der Waals surface area (Å²) in [6.45, 7) is 4.38. The van der Waals surface area contributed by atoms with Crippen LogP contribution in [0.2, 0.25) is 0 Å². The Balaban J connectivity index is 1.82. The van der Waals surface area contributed by atoms with Crippen LogP contribution in [0.3, 0.4) is 0 Å². The minimum Gasteiger partial charge on any atom is -0.323 e. The first-order chi connectivity index (χ1) is 11.2. The second kappa shape index (κ2) is 6.82. The first-order valence-electron chi connectivity index (χ1n) is 8.27. The summed E-state index contributed by atoms with van der Waals surface area (Å²) in [6, 6.07) is 11.5. The molecular formula is C19H23N3O. The standard InChI is InChI=1S/C19H23N3O/c1-14-8-7-9-15(2)18(14)20-21-19(23)16-10-3-4-11-17(16)22-12-5-6-13-22/h3-6,10-15H,7-9H2,1-2H3,(H,21,23)/t14-,15+. The van der Waals surface area contributed by atoms with E-state index in [9.17, 15) is 4.79 Å². The predicted octanol–water partition coefficient (Wildman–Crippen LogP) is 4.02. The third kappa shape index (κ3) is 3.36. The van der Waals surface area contributed by atoms with Crippen LogP contribution in [0.15, 0.2) is 53.9 Å². The molecule has 4 heteroatoms. The number of hydrazone groups is 1. The maximum atomic E-state index is 12.6. The molecule has 1 aliphatic rings. The van der Waals surface area contributed by atoms with Gasteiger partial charge in [-0.1, -0.05) is 32.4 Å². The van der Waals surface area contributed by atoms with Gasteiger partial charge in [-0.2, -0.15) is 5.10 Å². The molecule has 4 nitrogen and oxygen atoms in total. The van der Waals surface area contributed by atoms with Crippen molar-refractivity contribution in [2.24, 2.45) is 16.9 Å². The molecule has 0 saturated heterocycles. The van der Waals surface area contributed by atoms with E-state index < -0.39 is 0 Å². The zero-order valence-electron chi connectivity index (χ0n) is 13.7. The average Bonchev–Trinajstić information content (AvgIpc) is 3.08. The highest BCUT2D eigenvalue weighted by Gasteiger charge is 2.23. The van der Waals surface area contributed by atoms with Crippen LogP contribution in [0.25, 0.3) is 5.69 Å². The van der Waals surface area contributed by atoms with Gasteiger partial charge in [0.15, 0.2) is 0 Å². The second-order valence-corrected chi connectivity index (χ2v) is 6.32. The minimum absolute atomic E-state index is 0.160. The smallest absolute Gasteiger partial charge is 0.273 e. The molecule has 1 aromatic carbocycles. The molecule has 1 N–H and O–H groups in total. The molecular weight excluding hydrogens is 286 g/mol. The van der Waals surface area contributed by atoms with Gasteiger partial charge < -0.3 is 4.57 Å². The highest BCUT2D eigenvalue weighted by molar-refractivity contribution is 5.99. The van der Waals surface area contributed by atoms with E-state index in [4.69, 9.17) is 0 Å². The minimum atomic E-state index is -0.160. The molecule has 120 valence electrons. The van der Waals surface area contributed by atoms with E-state index >= 15 is 0 Å². The summed E-state index contributed by atoms with van der Waals surface area (Å²) in [5.74, 6) is 0.726. The molecule has 1 fully saturated rings. The molecule has 1 heterocycles. The number of amides is 1. The molecule has 3 rings (SSSR count). The van der Waals surface area contributed by atoms with Crippen molar-refractivity contribution >= 4 is 11.6 Å². The lowest BCUT2D eigenvalue weighted by Gasteiger charge is -2.26. The Bertz CT molecular complexity index is 691. The molecule has 23 heavy (non-hydrogen) atoms. The fourth-order valence-electron chi connectivity index (χ4n) is 3.29.